The molecule has 78 heavy (non-hydrogen) atoms. The molecule has 5 aliphatic heterocycles. The molecular weight excluding hydrogens is 1030 g/mol. The Balaban J connectivity index is 1.04. The lowest BCUT2D eigenvalue weighted by molar-refractivity contribution is -0.157. The van der Waals surface area contributed by atoms with Crippen molar-refractivity contribution < 1.29 is 56.0 Å². The number of thiazole rings is 1. The van der Waals surface area contributed by atoms with Gasteiger partial charge in [-0.2, -0.15) is 0 Å². The molecule has 6 aliphatic rings. The number of hydrogen-bond donors (Lipinski definition) is 2. The average Bonchev–Trinajstić information content (AvgIpc) is 4.10. The Morgan fingerprint density at radius 2 is 1.82 bits per heavy atom. The number of rotatable bonds is 15. The second kappa shape index (κ2) is 23.3. The highest BCUT2D eigenvalue weighted by Crippen LogP contribution is 2.54. The zero-order valence-corrected chi connectivity index (χ0v) is 45.8. The number of hydrazine groups is 1. The summed E-state index contributed by atoms with van der Waals surface area (Å²) in [6.07, 6.45) is 1.25. The Kier molecular flexibility index (Phi) is 16.3. The van der Waals surface area contributed by atoms with Gasteiger partial charge in [0.15, 0.2) is 0 Å². The first-order chi connectivity index (χ1) is 37.7. The fraction of sp³-hybridized carbons (Fsp3) is 0.607. The lowest BCUT2D eigenvalue weighted by atomic mass is 9.84. The number of aromatic nitrogens is 4. The van der Waals surface area contributed by atoms with Crippen molar-refractivity contribution >= 4 is 45.7 Å². The molecule has 0 spiro atoms. The van der Waals surface area contributed by atoms with Crippen molar-refractivity contribution in [3.8, 4) is 22.7 Å². The van der Waals surface area contributed by atoms with E-state index in [4.69, 9.17) is 42.8 Å². The minimum atomic E-state index is -2.92. The number of nitrogens with one attached hydrogen (secondary N) is 2. The second-order valence-electron chi connectivity index (χ2n) is 22.4. The van der Waals surface area contributed by atoms with Gasteiger partial charge in [-0.3, -0.25) is 29.3 Å². The van der Waals surface area contributed by atoms with Gasteiger partial charge in [0.1, 0.15) is 36.8 Å². The Bertz CT molecular complexity index is 2920. The molecular formula is C56H71F2N9O10S. The maximum absolute atomic E-state index is 14.9. The number of alkyl halides is 2. The SMILES string of the molecule is CO[C@@H](C)c1ncc(N2CCN(C3COC3)CC2)cc1-c1c2c3cc(ccc3n1CCOC1CCOCC1)-c1nc(co1)[C@@H](OCC(F)F)[C@H](NC(=O)[C@@H]1[C@@H](C)[C@H]1c1cscn1)C(=O)N1CCC[C@H](N1)C(=O)OCC(C)(C)C2. The number of amides is 2. The number of fused-ring (bicyclic) bond motifs is 6. The van der Waals surface area contributed by atoms with Crippen molar-refractivity contribution in [1.82, 2.24) is 40.2 Å². The number of benzene rings is 1. The Morgan fingerprint density at radius 1 is 1.01 bits per heavy atom. The van der Waals surface area contributed by atoms with Crippen LogP contribution in [0.4, 0.5) is 14.5 Å². The van der Waals surface area contributed by atoms with E-state index >= 15 is 0 Å². The van der Waals surface area contributed by atoms with Crippen LogP contribution < -0.4 is 15.6 Å². The highest BCUT2D eigenvalue weighted by atomic mass is 32.1. The van der Waals surface area contributed by atoms with Gasteiger partial charge in [0.25, 0.3) is 12.3 Å². The first kappa shape index (κ1) is 54.5. The molecule has 1 aromatic carbocycles. The van der Waals surface area contributed by atoms with Gasteiger partial charge in [-0.25, -0.2) is 24.2 Å². The molecule has 4 aromatic heterocycles. The van der Waals surface area contributed by atoms with E-state index in [-0.39, 0.29) is 42.7 Å². The van der Waals surface area contributed by atoms with Crippen LogP contribution in [0.2, 0.25) is 0 Å². The molecule has 6 bridgehead atoms. The maximum Gasteiger partial charge on any atom is 0.324 e. The molecule has 11 rings (SSSR count). The van der Waals surface area contributed by atoms with Crippen LogP contribution in [0.5, 0.6) is 0 Å². The number of halogens is 2. The van der Waals surface area contributed by atoms with Crippen LogP contribution in [0.1, 0.15) is 94.1 Å². The standard InChI is InChI=1S/C56H71F2N9O10S/c1-32-46(43-29-78-31-60-43)47(32)52(68)62-49-51(75-28-45(57)58)42-27-76-53(61-42)34-8-9-44-38(21-34)40(23-56(3,4)30-77-55(70)41-7-6-12-67(63-41)54(49)69)50(66(44)17-20-74-37-10-18-72-19-11-37)39-22-35(24-59-48(39)33(2)71-5)64-13-15-65(16-14-64)36-25-73-26-36/h8-9,21-22,24,27,29,31-33,36-37,41,45-47,49,51,63H,6-7,10-20,23,25-26,28,30H2,1-5H3,(H,62,68)/t32-,33-,41-,46-,47+,49-,51+/m0/s1. The molecule has 1 saturated carbocycles. The Hall–Kier alpha value is -5.46. The fourth-order valence-corrected chi connectivity index (χ4v) is 12.6. The second-order valence-corrected chi connectivity index (χ2v) is 23.1. The summed E-state index contributed by atoms with van der Waals surface area (Å²) >= 11 is 1.42. The van der Waals surface area contributed by atoms with Crippen LogP contribution in [0.25, 0.3) is 33.6 Å². The van der Waals surface area contributed by atoms with Crippen LogP contribution in [0.15, 0.2) is 52.0 Å². The van der Waals surface area contributed by atoms with Crippen molar-refractivity contribution in [2.75, 3.05) is 91.0 Å². The predicted molar refractivity (Wildman–Crippen MR) is 285 cm³/mol. The topological polar surface area (TPSA) is 197 Å². The van der Waals surface area contributed by atoms with Crippen molar-refractivity contribution in [2.24, 2.45) is 17.3 Å². The largest absolute Gasteiger partial charge is 0.464 e. The van der Waals surface area contributed by atoms with Gasteiger partial charge in [0.05, 0.1) is 79.2 Å². The minimum absolute atomic E-state index is 0.0196. The van der Waals surface area contributed by atoms with Gasteiger partial charge in [0, 0.05) is 104 Å². The maximum atomic E-state index is 14.9. The number of pyridine rings is 1. The summed E-state index contributed by atoms with van der Waals surface area (Å²) < 4.78 is 73.1. The van der Waals surface area contributed by atoms with Crippen LogP contribution in [0, 0.1) is 17.3 Å². The zero-order chi connectivity index (χ0) is 54.2. The summed E-state index contributed by atoms with van der Waals surface area (Å²) in [5.74, 6) is -2.41. The number of nitrogens with zero attached hydrogens (tertiary/aromatic N) is 7. The number of carbonyl (C=O) groups is 3. The van der Waals surface area contributed by atoms with Crippen molar-refractivity contribution in [3.63, 3.8) is 0 Å². The fourth-order valence-electron chi connectivity index (χ4n) is 12.0. The van der Waals surface area contributed by atoms with E-state index in [0.29, 0.717) is 57.2 Å². The van der Waals surface area contributed by atoms with Crippen LogP contribution >= 0.6 is 11.3 Å². The molecule has 2 amide bonds. The zero-order valence-electron chi connectivity index (χ0n) is 45.0. The number of methoxy groups -OCH3 is 1. The van der Waals surface area contributed by atoms with Crippen molar-refractivity contribution in [2.45, 2.75) is 115 Å². The van der Waals surface area contributed by atoms with Crippen LogP contribution in [-0.4, -0.2) is 164 Å². The third kappa shape index (κ3) is 11.5. The van der Waals surface area contributed by atoms with E-state index in [0.717, 1.165) is 97.0 Å². The third-order valence-corrected chi connectivity index (χ3v) is 17.1. The first-order valence-corrected chi connectivity index (χ1v) is 28.4. The summed E-state index contributed by atoms with van der Waals surface area (Å²) in [5.41, 5.74) is 10.9. The van der Waals surface area contributed by atoms with E-state index in [1.54, 1.807) is 12.6 Å². The number of oxazole rings is 1. The summed E-state index contributed by atoms with van der Waals surface area (Å²) in [4.78, 5) is 63.0. The monoisotopic (exact) mass is 1100 g/mol. The molecule has 2 N–H and O–H groups in total. The summed E-state index contributed by atoms with van der Waals surface area (Å²) in [6.45, 7) is 14.3. The lowest BCUT2D eigenvalue weighted by Crippen LogP contribution is -2.61. The normalized spacial score (nSPS) is 25.9. The van der Waals surface area contributed by atoms with Gasteiger partial charge in [-0.1, -0.05) is 20.8 Å². The van der Waals surface area contributed by atoms with Crippen LogP contribution in [-0.2, 0) is 55.8 Å². The summed E-state index contributed by atoms with van der Waals surface area (Å²) in [6, 6.07) is 6.11. The number of esters is 1. The highest BCUT2D eigenvalue weighted by molar-refractivity contribution is 7.07. The van der Waals surface area contributed by atoms with Crippen molar-refractivity contribution in [3.05, 3.63) is 70.3 Å². The molecule has 19 nitrogen and oxygen atoms in total. The third-order valence-electron chi connectivity index (χ3n) is 16.5. The van der Waals surface area contributed by atoms with Gasteiger partial charge >= 0.3 is 5.97 Å². The quantitative estimate of drug-likeness (QED) is 0.105. The molecule has 0 radical (unpaired) electrons. The number of ether oxygens (including phenoxy) is 6. The number of piperazine rings is 1. The molecule has 22 heteroatoms. The average molecular weight is 1100 g/mol. The first-order valence-electron chi connectivity index (χ1n) is 27.5. The molecule has 5 fully saturated rings. The highest BCUT2D eigenvalue weighted by Gasteiger charge is 2.55. The van der Waals surface area contributed by atoms with Gasteiger partial charge in [0.2, 0.25) is 11.8 Å². The van der Waals surface area contributed by atoms with E-state index < -0.39 is 66.4 Å². The van der Waals surface area contributed by atoms with E-state index in [2.05, 4.69) is 50.0 Å². The summed E-state index contributed by atoms with van der Waals surface area (Å²) in [5, 5.41) is 6.92. The molecule has 7 atom stereocenters. The molecule has 1 aliphatic carbocycles. The van der Waals surface area contributed by atoms with Gasteiger partial charge < -0.3 is 47.6 Å². The minimum Gasteiger partial charge on any atom is -0.464 e. The summed E-state index contributed by atoms with van der Waals surface area (Å²) in [7, 11) is 1.68. The molecule has 420 valence electrons. The predicted octanol–water partition coefficient (Wildman–Crippen LogP) is 6.72. The Morgan fingerprint density at radius 3 is 2.55 bits per heavy atom. The van der Waals surface area contributed by atoms with Gasteiger partial charge in [-0.15, -0.1) is 11.3 Å². The van der Waals surface area contributed by atoms with E-state index in [1.807, 2.05) is 43.6 Å². The van der Waals surface area contributed by atoms with Crippen LogP contribution in [0.3, 0.4) is 0 Å². The molecule has 5 aromatic rings. The number of carbonyl (C=O) groups excluding carboxylic acids is 3. The lowest BCUT2D eigenvalue weighted by Gasteiger charge is -2.43. The van der Waals surface area contributed by atoms with E-state index in [1.165, 1.54) is 22.6 Å². The number of anilines is 1. The smallest absolute Gasteiger partial charge is 0.324 e. The number of cyclic esters (lactones) is 1. The molecule has 9 heterocycles. The van der Waals surface area contributed by atoms with E-state index in [9.17, 15) is 23.2 Å². The van der Waals surface area contributed by atoms with Crippen molar-refractivity contribution in [1.29, 1.82) is 0 Å². The van der Waals surface area contributed by atoms with Gasteiger partial charge in [-0.05, 0) is 74.8 Å². The molecule has 0 unspecified atom stereocenters. The number of hydrogen-bond acceptors (Lipinski definition) is 17. The molecule has 4 saturated heterocycles. The Labute approximate surface area is 456 Å².